The molecule has 0 amide bonds. The Balaban J connectivity index is 3.28. The van der Waals surface area contributed by atoms with E-state index in [2.05, 4.69) is 22.9 Å². The molecule has 0 bridgehead atoms. The van der Waals surface area contributed by atoms with Gasteiger partial charge in [0, 0.05) is 11.5 Å². The summed E-state index contributed by atoms with van der Waals surface area (Å²) in [7, 11) is 0. The van der Waals surface area contributed by atoms with Gasteiger partial charge in [-0.15, -0.1) is 0 Å². The van der Waals surface area contributed by atoms with Gasteiger partial charge in [-0.05, 0) is 28.9 Å². The maximum absolute atomic E-state index is 10.7. The number of nitro benzene ring substituents is 1. The summed E-state index contributed by atoms with van der Waals surface area (Å²) in [6.07, 6.45) is 0. The zero-order chi connectivity index (χ0) is 10.7. The van der Waals surface area contributed by atoms with Crippen molar-refractivity contribution in [1.82, 2.24) is 0 Å². The molecule has 1 aromatic carbocycles. The molecule has 0 saturated carbocycles. The van der Waals surface area contributed by atoms with E-state index in [-0.39, 0.29) is 12.3 Å². The molecule has 0 fully saturated rings. The largest absolute Gasteiger partial charge is 0.396 e. The van der Waals surface area contributed by atoms with Crippen LogP contribution in [0.3, 0.4) is 0 Å². The first kappa shape index (κ1) is 11.1. The zero-order valence-corrected chi connectivity index (χ0v) is 8.90. The number of nitro groups is 1. The fraction of sp³-hybridized carbons (Fsp3) is 0.222. The van der Waals surface area contributed by atoms with E-state index in [0.717, 1.165) is 0 Å². The molecular weight excluding hydrogens is 250 g/mol. The third kappa shape index (κ3) is 2.10. The first-order valence-corrected chi connectivity index (χ1v) is 4.74. The maximum Gasteiger partial charge on any atom is 0.287 e. The lowest BCUT2D eigenvalue weighted by Crippen LogP contribution is -2.04. The SMILES string of the molecule is [CH2]C(CO)c1cccc(Br)c1[N+](=O)[O-]. The molecule has 0 aromatic heterocycles. The van der Waals surface area contributed by atoms with Gasteiger partial charge < -0.3 is 5.11 Å². The zero-order valence-electron chi connectivity index (χ0n) is 7.31. The van der Waals surface area contributed by atoms with Crippen LogP contribution in [-0.2, 0) is 0 Å². The Morgan fingerprint density at radius 3 is 2.79 bits per heavy atom. The highest BCUT2D eigenvalue weighted by molar-refractivity contribution is 9.10. The van der Waals surface area contributed by atoms with E-state index in [1.165, 1.54) is 0 Å². The Morgan fingerprint density at radius 1 is 1.64 bits per heavy atom. The molecule has 0 saturated heterocycles. The van der Waals surface area contributed by atoms with Crippen LogP contribution in [0.25, 0.3) is 0 Å². The highest BCUT2D eigenvalue weighted by Gasteiger charge is 2.21. The van der Waals surface area contributed by atoms with Gasteiger partial charge in [-0.25, -0.2) is 0 Å². The Morgan fingerprint density at radius 2 is 2.29 bits per heavy atom. The normalized spacial score (nSPS) is 12.5. The fourth-order valence-corrected chi connectivity index (χ4v) is 1.68. The summed E-state index contributed by atoms with van der Waals surface area (Å²) in [5.74, 6) is -0.479. The van der Waals surface area contributed by atoms with Crippen LogP contribution in [0.4, 0.5) is 5.69 Å². The van der Waals surface area contributed by atoms with Crippen molar-refractivity contribution in [2.45, 2.75) is 5.92 Å². The maximum atomic E-state index is 10.7. The summed E-state index contributed by atoms with van der Waals surface area (Å²) in [6.45, 7) is 3.42. The molecule has 1 rings (SSSR count). The van der Waals surface area contributed by atoms with Gasteiger partial charge in [0.05, 0.1) is 16.0 Å². The van der Waals surface area contributed by atoms with E-state index in [0.29, 0.717) is 10.0 Å². The third-order valence-corrected chi connectivity index (χ3v) is 2.50. The Kier molecular flexibility index (Phi) is 3.60. The van der Waals surface area contributed by atoms with Gasteiger partial charge in [0.1, 0.15) is 0 Å². The van der Waals surface area contributed by atoms with E-state index in [1.807, 2.05) is 0 Å². The van der Waals surface area contributed by atoms with Crippen molar-refractivity contribution in [3.63, 3.8) is 0 Å². The number of aliphatic hydroxyl groups is 1. The average molecular weight is 259 g/mol. The minimum atomic E-state index is -0.479. The standard InChI is InChI=1S/C9H9BrNO3/c1-6(5-12)7-3-2-4-8(10)9(7)11(13)14/h2-4,6,12H,1,5H2. The lowest BCUT2D eigenvalue weighted by atomic mass is 10.0. The van der Waals surface area contributed by atoms with Crippen molar-refractivity contribution in [1.29, 1.82) is 0 Å². The Bertz CT molecular complexity index is 354. The van der Waals surface area contributed by atoms with Gasteiger partial charge in [0.2, 0.25) is 0 Å². The van der Waals surface area contributed by atoms with Gasteiger partial charge in [-0.2, -0.15) is 0 Å². The van der Waals surface area contributed by atoms with Gasteiger partial charge in [0.15, 0.2) is 0 Å². The third-order valence-electron chi connectivity index (χ3n) is 1.86. The number of hydrogen-bond donors (Lipinski definition) is 1. The van der Waals surface area contributed by atoms with Crippen molar-refractivity contribution < 1.29 is 10.0 Å². The van der Waals surface area contributed by atoms with Crippen LogP contribution in [0, 0.1) is 17.0 Å². The van der Waals surface area contributed by atoms with E-state index in [4.69, 9.17) is 5.11 Å². The minimum absolute atomic E-state index is 0.0263. The van der Waals surface area contributed by atoms with Crippen LogP contribution in [0.1, 0.15) is 11.5 Å². The molecule has 14 heavy (non-hydrogen) atoms. The highest BCUT2D eigenvalue weighted by Crippen LogP contribution is 2.32. The predicted molar refractivity (Wildman–Crippen MR) is 56.0 cm³/mol. The first-order chi connectivity index (χ1) is 6.57. The highest BCUT2D eigenvalue weighted by atomic mass is 79.9. The summed E-state index contributed by atoms with van der Waals surface area (Å²) < 4.78 is 0.405. The number of halogens is 1. The number of nitrogens with zero attached hydrogens (tertiary/aromatic N) is 1. The lowest BCUT2D eigenvalue weighted by Gasteiger charge is -2.09. The predicted octanol–water partition coefficient (Wildman–Crippen LogP) is 2.27. The summed E-state index contributed by atoms with van der Waals surface area (Å²) in [6, 6.07) is 4.86. The molecule has 75 valence electrons. The first-order valence-electron chi connectivity index (χ1n) is 3.94. The van der Waals surface area contributed by atoms with Gasteiger partial charge in [-0.1, -0.05) is 12.1 Å². The molecule has 0 aliphatic heterocycles. The number of rotatable bonds is 3. The van der Waals surface area contributed by atoms with Crippen LogP contribution < -0.4 is 0 Å². The Labute approximate surface area is 89.8 Å². The van der Waals surface area contributed by atoms with Gasteiger partial charge >= 0.3 is 0 Å². The van der Waals surface area contributed by atoms with Gasteiger partial charge in [-0.3, -0.25) is 10.1 Å². The molecule has 0 aliphatic rings. The molecule has 0 spiro atoms. The molecule has 4 nitrogen and oxygen atoms in total. The number of benzene rings is 1. The van der Waals surface area contributed by atoms with Crippen LogP contribution in [0.5, 0.6) is 0 Å². The summed E-state index contributed by atoms with van der Waals surface area (Å²) >= 11 is 3.09. The van der Waals surface area contributed by atoms with Gasteiger partial charge in [0.25, 0.3) is 5.69 Å². The molecule has 5 heteroatoms. The summed E-state index contributed by atoms with van der Waals surface area (Å²) in [5.41, 5.74) is 0.411. The molecule has 1 aromatic rings. The average Bonchev–Trinajstić information content (AvgIpc) is 2.15. The van der Waals surface area contributed by atoms with E-state index in [1.54, 1.807) is 18.2 Å². The second-order valence-corrected chi connectivity index (χ2v) is 3.67. The monoisotopic (exact) mass is 258 g/mol. The summed E-state index contributed by atoms with van der Waals surface area (Å²) in [5, 5.41) is 19.6. The molecule has 1 radical (unpaired) electrons. The van der Waals surface area contributed by atoms with E-state index >= 15 is 0 Å². The van der Waals surface area contributed by atoms with Crippen molar-refractivity contribution in [3.05, 3.63) is 45.3 Å². The second-order valence-electron chi connectivity index (χ2n) is 2.81. The number of para-hydroxylation sites is 1. The topological polar surface area (TPSA) is 63.4 Å². The number of aliphatic hydroxyl groups excluding tert-OH is 1. The van der Waals surface area contributed by atoms with Crippen molar-refractivity contribution in [2.75, 3.05) is 6.61 Å². The minimum Gasteiger partial charge on any atom is -0.396 e. The Hall–Kier alpha value is -0.940. The van der Waals surface area contributed by atoms with Crippen LogP contribution in [-0.4, -0.2) is 16.6 Å². The van der Waals surface area contributed by atoms with E-state index in [9.17, 15) is 10.1 Å². The van der Waals surface area contributed by atoms with Crippen LogP contribution in [0.15, 0.2) is 22.7 Å². The van der Waals surface area contributed by atoms with E-state index < -0.39 is 10.8 Å². The number of hydrogen-bond acceptors (Lipinski definition) is 3. The molecule has 1 unspecified atom stereocenters. The van der Waals surface area contributed by atoms with Crippen LogP contribution in [0.2, 0.25) is 0 Å². The molecule has 1 atom stereocenters. The van der Waals surface area contributed by atoms with Crippen LogP contribution >= 0.6 is 15.9 Å². The summed E-state index contributed by atoms with van der Waals surface area (Å²) in [4.78, 5) is 10.3. The lowest BCUT2D eigenvalue weighted by molar-refractivity contribution is -0.386. The van der Waals surface area contributed by atoms with Crippen molar-refractivity contribution in [2.24, 2.45) is 0 Å². The van der Waals surface area contributed by atoms with Crippen molar-refractivity contribution in [3.8, 4) is 0 Å². The van der Waals surface area contributed by atoms with Crippen molar-refractivity contribution >= 4 is 21.6 Å². The molecular formula is C9H9BrNO3. The molecule has 1 N–H and O–H groups in total. The molecule has 0 aliphatic carbocycles. The smallest absolute Gasteiger partial charge is 0.287 e. The fourth-order valence-electron chi connectivity index (χ4n) is 1.15. The quantitative estimate of drug-likeness (QED) is 0.668. The second kappa shape index (κ2) is 4.52. The molecule has 0 heterocycles.